The van der Waals surface area contributed by atoms with Crippen LogP contribution < -0.4 is 0 Å². The van der Waals surface area contributed by atoms with Gasteiger partial charge in [-0.3, -0.25) is 0 Å². The Kier molecular flexibility index (Phi) is 7.33. The molecule has 0 nitrogen and oxygen atoms in total. The van der Waals surface area contributed by atoms with Gasteiger partial charge in [0.2, 0.25) is 0 Å². The van der Waals surface area contributed by atoms with E-state index in [0.29, 0.717) is 0 Å². The zero-order valence-electron chi connectivity index (χ0n) is 20.9. The van der Waals surface area contributed by atoms with Gasteiger partial charge in [0.1, 0.15) is 0 Å². The third-order valence-corrected chi connectivity index (χ3v) is 6.93. The molecule has 0 amide bonds. The molecule has 0 heteroatoms. The van der Waals surface area contributed by atoms with Crippen molar-refractivity contribution in [3.8, 4) is 55.6 Å². The molecule has 0 radical (unpaired) electrons. The van der Waals surface area contributed by atoms with Gasteiger partial charge in [0.25, 0.3) is 0 Å². The Morgan fingerprint density at radius 1 is 0.316 bits per heavy atom. The summed E-state index contributed by atoms with van der Waals surface area (Å²) in [4.78, 5) is 0. The van der Waals surface area contributed by atoms with E-state index in [2.05, 4.69) is 159 Å². The Bertz CT molecular complexity index is 1630. The highest BCUT2D eigenvalue weighted by Gasteiger charge is 2.23. The van der Waals surface area contributed by atoms with E-state index in [9.17, 15) is 0 Å². The average molecular weight is 489 g/mol. The summed E-state index contributed by atoms with van der Waals surface area (Å²) in [5.74, 6) is 0. The fourth-order valence-electron chi connectivity index (χ4n) is 5.27. The smallest absolute Gasteiger partial charge is 0.00143 e. The molecular formula is C38H32. The van der Waals surface area contributed by atoms with Gasteiger partial charge in [-0.25, -0.2) is 0 Å². The molecule has 6 rings (SSSR count). The van der Waals surface area contributed by atoms with Crippen LogP contribution in [0.2, 0.25) is 0 Å². The van der Waals surface area contributed by atoms with Crippen LogP contribution in [0.15, 0.2) is 152 Å². The fourth-order valence-corrected chi connectivity index (χ4v) is 5.27. The van der Waals surface area contributed by atoms with E-state index in [-0.39, 0.29) is 7.43 Å². The molecule has 0 N–H and O–H groups in total. The maximum atomic E-state index is 2.40. The molecule has 0 spiro atoms. The molecular weight excluding hydrogens is 456 g/mol. The summed E-state index contributed by atoms with van der Waals surface area (Å²) in [5.41, 5.74) is 13.6. The summed E-state index contributed by atoms with van der Waals surface area (Å²) in [6.45, 7) is 2.17. The van der Waals surface area contributed by atoms with Crippen molar-refractivity contribution >= 4 is 0 Å². The van der Waals surface area contributed by atoms with Crippen LogP contribution in [-0.4, -0.2) is 0 Å². The third-order valence-electron chi connectivity index (χ3n) is 6.93. The van der Waals surface area contributed by atoms with Crippen LogP contribution in [0, 0.1) is 6.92 Å². The lowest BCUT2D eigenvalue weighted by Gasteiger charge is -2.24. The van der Waals surface area contributed by atoms with E-state index in [1.807, 2.05) is 0 Å². The maximum absolute atomic E-state index is 2.40. The van der Waals surface area contributed by atoms with Crippen molar-refractivity contribution in [2.45, 2.75) is 14.4 Å². The van der Waals surface area contributed by atoms with Crippen molar-refractivity contribution in [3.05, 3.63) is 157 Å². The summed E-state index contributed by atoms with van der Waals surface area (Å²) in [6, 6.07) is 54.6. The molecule has 0 bridgehead atoms. The Morgan fingerprint density at radius 3 is 1.13 bits per heavy atom. The lowest BCUT2D eigenvalue weighted by molar-refractivity contribution is 1.46. The number of rotatable bonds is 5. The molecule has 0 heterocycles. The fraction of sp³-hybridized carbons (Fsp3) is 0.0526. The molecule has 0 aliphatic heterocycles. The first-order valence-electron chi connectivity index (χ1n) is 12.8. The van der Waals surface area contributed by atoms with Crippen molar-refractivity contribution in [1.82, 2.24) is 0 Å². The minimum absolute atomic E-state index is 0. The summed E-state index contributed by atoms with van der Waals surface area (Å²) < 4.78 is 0. The van der Waals surface area contributed by atoms with Gasteiger partial charge < -0.3 is 0 Å². The Hall–Kier alpha value is -4.68. The van der Waals surface area contributed by atoms with Gasteiger partial charge in [0, 0.05) is 0 Å². The molecule has 0 saturated carbocycles. The van der Waals surface area contributed by atoms with E-state index in [4.69, 9.17) is 0 Å². The Morgan fingerprint density at radius 2 is 0.684 bits per heavy atom. The van der Waals surface area contributed by atoms with E-state index in [1.165, 1.54) is 61.2 Å². The van der Waals surface area contributed by atoms with Crippen LogP contribution in [0.1, 0.15) is 13.0 Å². The summed E-state index contributed by atoms with van der Waals surface area (Å²) >= 11 is 0. The highest BCUT2D eigenvalue weighted by Crippen LogP contribution is 2.50. The van der Waals surface area contributed by atoms with Crippen LogP contribution in [0.4, 0.5) is 0 Å². The van der Waals surface area contributed by atoms with E-state index in [0.717, 1.165) is 0 Å². The molecule has 184 valence electrons. The first kappa shape index (κ1) is 25.0. The average Bonchev–Trinajstić information content (AvgIpc) is 2.98. The van der Waals surface area contributed by atoms with Crippen molar-refractivity contribution in [1.29, 1.82) is 0 Å². The lowest BCUT2D eigenvalue weighted by atomic mass is 9.79. The van der Waals surface area contributed by atoms with Gasteiger partial charge in [-0.2, -0.15) is 0 Å². The van der Waals surface area contributed by atoms with Crippen molar-refractivity contribution in [2.75, 3.05) is 0 Å². The van der Waals surface area contributed by atoms with Crippen LogP contribution in [-0.2, 0) is 0 Å². The highest BCUT2D eigenvalue weighted by atomic mass is 14.3. The lowest BCUT2D eigenvalue weighted by Crippen LogP contribution is -1.98. The minimum atomic E-state index is 0. The monoisotopic (exact) mass is 488 g/mol. The zero-order valence-corrected chi connectivity index (χ0v) is 20.9. The van der Waals surface area contributed by atoms with Crippen molar-refractivity contribution in [3.63, 3.8) is 0 Å². The van der Waals surface area contributed by atoms with Crippen LogP contribution in [0.3, 0.4) is 0 Å². The summed E-state index contributed by atoms with van der Waals surface area (Å²) in [5, 5.41) is 0. The van der Waals surface area contributed by atoms with E-state index in [1.54, 1.807) is 0 Å². The zero-order chi connectivity index (χ0) is 25.0. The van der Waals surface area contributed by atoms with Gasteiger partial charge in [-0.05, 0) is 68.6 Å². The van der Waals surface area contributed by atoms with Gasteiger partial charge in [-0.1, -0.05) is 159 Å². The van der Waals surface area contributed by atoms with Gasteiger partial charge in [-0.15, -0.1) is 0 Å². The first-order valence-corrected chi connectivity index (χ1v) is 12.8. The molecule has 0 saturated heterocycles. The SMILES string of the molecule is C.Cc1cccc(-c2cc(-c3ccccc3)c(-c3ccccc3)c(-c3ccccc3)c2-c2ccccc2)c1. The number of aryl methyl sites for hydroxylation is 1. The molecule has 0 aliphatic rings. The van der Waals surface area contributed by atoms with Crippen LogP contribution in [0.5, 0.6) is 0 Å². The topological polar surface area (TPSA) is 0 Å². The summed E-state index contributed by atoms with van der Waals surface area (Å²) in [7, 11) is 0. The predicted molar refractivity (Wildman–Crippen MR) is 165 cm³/mol. The number of hydrogen-bond acceptors (Lipinski definition) is 0. The van der Waals surface area contributed by atoms with Crippen molar-refractivity contribution in [2.24, 2.45) is 0 Å². The van der Waals surface area contributed by atoms with Crippen molar-refractivity contribution < 1.29 is 0 Å². The number of hydrogen-bond donors (Lipinski definition) is 0. The maximum Gasteiger partial charge on any atom is -0.00143 e. The molecule has 6 aromatic carbocycles. The second-order valence-electron chi connectivity index (χ2n) is 9.43. The van der Waals surface area contributed by atoms with E-state index < -0.39 is 0 Å². The molecule has 0 atom stereocenters. The largest absolute Gasteiger partial charge is 0.0776 e. The molecule has 0 fully saturated rings. The molecule has 0 aromatic heterocycles. The minimum Gasteiger partial charge on any atom is -0.0776 e. The second-order valence-corrected chi connectivity index (χ2v) is 9.43. The number of benzene rings is 6. The third kappa shape index (κ3) is 4.82. The highest BCUT2D eigenvalue weighted by molar-refractivity contribution is 6.07. The first-order chi connectivity index (χ1) is 18.3. The van der Waals surface area contributed by atoms with Crippen LogP contribution >= 0.6 is 0 Å². The molecule has 38 heavy (non-hydrogen) atoms. The standard InChI is InChI=1S/C37H28.CH4/c1-27-15-14-24-32(25-27)34-26-33(28-16-6-2-7-17-28)35(29-18-8-3-9-19-29)37(31-22-12-5-13-23-31)36(34)30-20-10-4-11-21-30;/h2-26H,1H3;1H4. The predicted octanol–water partition coefficient (Wildman–Crippen LogP) is 11.0. The second kappa shape index (κ2) is 11.2. The molecule has 0 unspecified atom stereocenters. The van der Waals surface area contributed by atoms with Gasteiger partial charge in [0.15, 0.2) is 0 Å². The Labute approximate surface area is 226 Å². The van der Waals surface area contributed by atoms with E-state index >= 15 is 0 Å². The van der Waals surface area contributed by atoms with Gasteiger partial charge >= 0.3 is 0 Å². The summed E-state index contributed by atoms with van der Waals surface area (Å²) in [6.07, 6.45) is 0. The molecule has 0 aliphatic carbocycles. The normalized spacial score (nSPS) is 10.6. The quantitative estimate of drug-likeness (QED) is 0.226. The molecule has 6 aromatic rings. The Balaban J connectivity index is 0.00000294. The van der Waals surface area contributed by atoms with Crippen LogP contribution in [0.25, 0.3) is 55.6 Å². The van der Waals surface area contributed by atoms with Gasteiger partial charge in [0.05, 0.1) is 0 Å².